The fourth-order valence-electron chi connectivity index (χ4n) is 3.76. The summed E-state index contributed by atoms with van der Waals surface area (Å²) in [4.78, 5) is 0.665. The van der Waals surface area contributed by atoms with E-state index in [4.69, 9.17) is 14.6 Å². The van der Waals surface area contributed by atoms with Gasteiger partial charge in [0.15, 0.2) is 0 Å². The third-order valence-corrected chi connectivity index (χ3v) is 6.54. The molecule has 1 fully saturated rings. The van der Waals surface area contributed by atoms with Crippen molar-refractivity contribution in [2.45, 2.75) is 37.2 Å². The molecule has 0 amide bonds. The molecule has 5 rings (SSSR count). The van der Waals surface area contributed by atoms with E-state index < -0.39 is 11.0 Å². The lowest BCUT2D eigenvalue weighted by Crippen LogP contribution is -2.21. The Kier molecular flexibility index (Phi) is 13.5. The van der Waals surface area contributed by atoms with Gasteiger partial charge in [0.2, 0.25) is 0 Å². The van der Waals surface area contributed by atoms with Gasteiger partial charge in [-0.15, -0.1) is 0 Å². The summed E-state index contributed by atoms with van der Waals surface area (Å²) < 4.78 is 35.2. The van der Waals surface area contributed by atoms with Crippen LogP contribution in [0, 0.1) is 5.82 Å². The van der Waals surface area contributed by atoms with Gasteiger partial charge < -0.3 is 14.8 Å². The van der Waals surface area contributed by atoms with Gasteiger partial charge in [0.05, 0.1) is 24.7 Å². The number of benzene rings is 4. The zero-order valence-electron chi connectivity index (χ0n) is 21.7. The van der Waals surface area contributed by atoms with E-state index in [1.807, 2.05) is 66.7 Å². The average Bonchev–Trinajstić information content (AvgIpc) is 2.97. The number of nitrogens with two attached hydrogens (primary N) is 1. The maximum absolute atomic E-state index is 13.3. The van der Waals surface area contributed by atoms with Gasteiger partial charge in [-0.3, -0.25) is 0 Å². The normalized spacial score (nSPS) is 13.4. The molecule has 0 aliphatic carbocycles. The molecule has 4 aromatic rings. The first kappa shape index (κ1) is 29.5. The summed E-state index contributed by atoms with van der Waals surface area (Å²) >= 11 is 0. The highest BCUT2D eigenvalue weighted by Gasteiger charge is 2.01. The number of rotatable bonds is 8. The molecule has 1 aliphatic rings. The summed E-state index contributed by atoms with van der Waals surface area (Å²) in [6.07, 6.45) is 5.00. The van der Waals surface area contributed by atoms with E-state index >= 15 is 0 Å². The maximum Gasteiger partial charge on any atom is 0.128 e. The van der Waals surface area contributed by atoms with Crippen LogP contribution in [0.3, 0.4) is 0 Å². The molecule has 7 heteroatoms. The van der Waals surface area contributed by atoms with E-state index in [1.165, 1.54) is 38.4 Å². The SMILES string of the molecule is C1CCNCC1.Fc1ccccc1COCCCOc1ccccc1.NS(=O)c1ccc2ccccc2c1. The van der Waals surface area contributed by atoms with E-state index in [2.05, 4.69) is 5.32 Å². The molecule has 1 heterocycles. The monoisotopic (exact) mass is 536 g/mol. The predicted molar refractivity (Wildman–Crippen MR) is 154 cm³/mol. The molecule has 202 valence electrons. The molecule has 5 nitrogen and oxygen atoms in total. The Labute approximate surface area is 227 Å². The largest absolute Gasteiger partial charge is 0.494 e. The first-order valence-electron chi connectivity index (χ1n) is 13.0. The van der Waals surface area contributed by atoms with Crippen molar-refractivity contribution < 1.29 is 18.1 Å². The zero-order chi connectivity index (χ0) is 26.8. The molecule has 0 aromatic heterocycles. The van der Waals surface area contributed by atoms with Crippen LogP contribution in [-0.4, -0.2) is 30.5 Å². The molecule has 1 atom stereocenters. The summed E-state index contributed by atoms with van der Waals surface area (Å²) in [6.45, 7) is 3.96. The summed E-state index contributed by atoms with van der Waals surface area (Å²) in [5.41, 5.74) is 0.589. The van der Waals surface area contributed by atoms with Gasteiger partial charge >= 0.3 is 0 Å². The topological polar surface area (TPSA) is 73.6 Å². The van der Waals surface area contributed by atoms with Crippen LogP contribution in [0.1, 0.15) is 31.2 Å². The summed E-state index contributed by atoms with van der Waals surface area (Å²) in [5, 5.41) is 10.8. The minimum Gasteiger partial charge on any atom is -0.494 e. The van der Waals surface area contributed by atoms with E-state index in [-0.39, 0.29) is 5.82 Å². The molecule has 0 saturated carbocycles. The maximum atomic E-state index is 13.3. The van der Waals surface area contributed by atoms with Crippen LogP contribution < -0.4 is 15.2 Å². The van der Waals surface area contributed by atoms with Crippen LogP contribution >= 0.6 is 0 Å². The van der Waals surface area contributed by atoms with Crippen molar-refractivity contribution in [3.05, 3.63) is 108 Å². The molecule has 1 unspecified atom stereocenters. The van der Waals surface area contributed by atoms with Crippen LogP contribution in [0.5, 0.6) is 5.75 Å². The lowest BCUT2D eigenvalue weighted by Gasteiger charge is -2.08. The van der Waals surface area contributed by atoms with Crippen LogP contribution in [0.25, 0.3) is 10.8 Å². The summed E-state index contributed by atoms with van der Waals surface area (Å²) in [5.74, 6) is 0.639. The van der Waals surface area contributed by atoms with Gasteiger partial charge in [-0.05, 0) is 67.0 Å². The lowest BCUT2D eigenvalue weighted by molar-refractivity contribution is 0.105. The highest BCUT2D eigenvalue weighted by atomic mass is 32.2. The Balaban J connectivity index is 0.000000180. The summed E-state index contributed by atoms with van der Waals surface area (Å²) in [6, 6.07) is 29.8. The number of hydrogen-bond acceptors (Lipinski definition) is 4. The van der Waals surface area contributed by atoms with Gasteiger partial charge in [-0.25, -0.2) is 13.7 Å². The Hall–Kier alpha value is -3.10. The molecule has 1 saturated heterocycles. The standard InChI is InChI=1S/C16H17FO2.C10H9NOS.C5H11N/c17-16-10-5-4-7-14(16)13-18-11-6-12-19-15-8-2-1-3-9-15;11-13(12)10-6-5-8-3-1-2-4-9(8)7-10;1-2-4-6-5-3-1/h1-5,7-10H,6,11-13H2;1-7H,11H2;6H,1-5H2. The number of fused-ring (bicyclic) bond motifs is 1. The van der Waals surface area contributed by atoms with E-state index in [0.29, 0.717) is 30.3 Å². The second-order valence-electron chi connectivity index (χ2n) is 8.78. The molecule has 0 spiro atoms. The van der Waals surface area contributed by atoms with Crippen LogP contribution in [0.15, 0.2) is 102 Å². The molecular formula is C31H37FN2O3S. The van der Waals surface area contributed by atoms with Crippen molar-refractivity contribution >= 4 is 21.8 Å². The van der Waals surface area contributed by atoms with Gasteiger partial charge in [-0.1, -0.05) is 73.2 Å². The van der Waals surface area contributed by atoms with Gasteiger partial charge in [-0.2, -0.15) is 0 Å². The molecule has 0 radical (unpaired) electrons. The molecule has 38 heavy (non-hydrogen) atoms. The minimum absolute atomic E-state index is 0.219. The number of ether oxygens (including phenoxy) is 2. The number of nitrogens with one attached hydrogen (secondary N) is 1. The molecule has 3 N–H and O–H groups in total. The third-order valence-electron chi connectivity index (χ3n) is 5.82. The van der Waals surface area contributed by atoms with Crippen LogP contribution in [0.2, 0.25) is 0 Å². The van der Waals surface area contributed by atoms with Gasteiger partial charge in [0, 0.05) is 12.0 Å². The Morgan fingerprint density at radius 1 is 0.789 bits per heavy atom. The highest BCUT2D eigenvalue weighted by molar-refractivity contribution is 7.82. The Bertz CT molecular complexity index is 1220. The second kappa shape index (κ2) is 17.4. The van der Waals surface area contributed by atoms with Gasteiger partial charge in [0.1, 0.15) is 22.6 Å². The minimum atomic E-state index is -1.38. The number of piperidine rings is 1. The quantitative estimate of drug-likeness (QED) is 0.256. The van der Waals surface area contributed by atoms with Crippen molar-refractivity contribution in [1.82, 2.24) is 5.32 Å². The first-order chi connectivity index (χ1) is 18.6. The van der Waals surface area contributed by atoms with Crippen molar-refractivity contribution in [2.24, 2.45) is 5.14 Å². The molecular weight excluding hydrogens is 499 g/mol. The van der Waals surface area contributed by atoms with Crippen molar-refractivity contribution in [3.8, 4) is 5.75 Å². The van der Waals surface area contributed by atoms with Crippen LogP contribution in [-0.2, 0) is 22.3 Å². The first-order valence-corrected chi connectivity index (χ1v) is 14.2. The average molecular weight is 537 g/mol. The van der Waals surface area contributed by atoms with E-state index in [0.717, 1.165) is 22.9 Å². The lowest BCUT2D eigenvalue weighted by atomic mass is 10.1. The Morgan fingerprint density at radius 3 is 2.13 bits per heavy atom. The number of halogens is 1. The number of para-hydroxylation sites is 1. The van der Waals surface area contributed by atoms with Crippen molar-refractivity contribution in [1.29, 1.82) is 0 Å². The third kappa shape index (κ3) is 11.1. The van der Waals surface area contributed by atoms with Crippen LogP contribution in [0.4, 0.5) is 4.39 Å². The molecule has 4 aromatic carbocycles. The number of hydrogen-bond donors (Lipinski definition) is 2. The van der Waals surface area contributed by atoms with E-state index in [9.17, 15) is 8.60 Å². The molecule has 1 aliphatic heterocycles. The Morgan fingerprint density at radius 2 is 1.47 bits per heavy atom. The fraction of sp³-hybridized carbons (Fsp3) is 0.290. The van der Waals surface area contributed by atoms with Crippen molar-refractivity contribution in [3.63, 3.8) is 0 Å². The predicted octanol–water partition coefficient (Wildman–Crippen LogP) is 6.39. The van der Waals surface area contributed by atoms with E-state index in [1.54, 1.807) is 24.3 Å². The second-order valence-corrected chi connectivity index (χ2v) is 9.84. The highest BCUT2D eigenvalue weighted by Crippen LogP contribution is 2.16. The van der Waals surface area contributed by atoms with Gasteiger partial charge in [0.25, 0.3) is 0 Å². The van der Waals surface area contributed by atoms with Crippen molar-refractivity contribution in [2.75, 3.05) is 26.3 Å². The zero-order valence-corrected chi connectivity index (χ0v) is 22.5. The molecule has 0 bridgehead atoms. The fourth-order valence-corrected chi connectivity index (χ4v) is 4.20. The smallest absolute Gasteiger partial charge is 0.128 e. The summed E-state index contributed by atoms with van der Waals surface area (Å²) in [7, 11) is -1.38.